The second-order valence-electron chi connectivity index (χ2n) is 6.43. The third-order valence-corrected chi connectivity index (χ3v) is 4.74. The van der Waals surface area contributed by atoms with Gasteiger partial charge in [-0.1, -0.05) is 48.5 Å². The number of carbonyl (C=O) groups excluding carboxylic acids is 1. The van der Waals surface area contributed by atoms with Crippen molar-refractivity contribution >= 4 is 36.2 Å². The van der Waals surface area contributed by atoms with Gasteiger partial charge in [0, 0.05) is 16.6 Å². The summed E-state index contributed by atoms with van der Waals surface area (Å²) in [6.07, 6.45) is 3.27. The Labute approximate surface area is 173 Å². The van der Waals surface area contributed by atoms with E-state index < -0.39 is 13.2 Å². The Hall–Kier alpha value is -1.72. The minimum atomic E-state index is -1.28. The number of nitrogens with two attached hydrogens (primary N) is 1. The highest BCUT2D eigenvalue weighted by Gasteiger charge is 2.17. The molecule has 0 fully saturated rings. The molecule has 9 nitrogen and oxygen atoms in total. The Kier molecular flexibility index (Phi) is 9.13. The molecule has 1 heterocycles. The first-order valence-corrected chi connectivity index (χ1v) is 9.71. The van der Waals surface area contributed by atoms with E-state index in [0.29, 0.717) is 35.0 Å². The van der Waals surface area contributed by atoms with E-state index in [1.165, 1.54) is 4.68 Å². The fraction of sp³-hybridized carbons (Fsp3) is 0.500. The molecule has 0 saturated carbocycles. The van der Waals surface area contributed by atoms with Crippen LogP contribution < -0.4 is 11.1 Å². The molecule has 1 aromatic heterocycles. The van der Waals surface area contributed by atoms with Gasteiger partial charge in [0.1, 0.15) is 6.54 Å². The lowest BCUT2D eigenvalue weighted by atomic mass is 9.83. The number of halogens is 2. The van der Waals surface area contributed by atoms with E-state index in [-0.39, 0.29) is 19.0 Å². The maximum atomic E-state index is 12.2. The summed E-state index contributed by atoms with van der Waals surface area (Å²) in [5.41, 5.74) is 6.88. The van der Waals surface area contributed by atoms with Gasteiger partial charge in [-0.2, -0.15) is 0 Å². The number of amides is 1. The predicted octanol–water partition coefficient (Wildman–Crippen LogP) is 1.33. The number of hydrogen-bond donors (Lipinski definition) is 4. The first kappa shape index (κ1) is 22.6. The lowest BCUT2D eigenvalue weighted by Crippen LogP contribution is -2.29. The zero-order valence-corrected chi connectivity index (χ0v) is 16.8. The van der Waals surface area contributed by atoms with Crippen molar-refractivity contribution in [2.24, 2.45) is 5.73 Å². The molecule has 1 unspecified atom stereocenters. The van der Waals surface area contributed by atoms with E-state index in [9.17, 15) is 4.79 Å². The number of unbranched alkanes of at least 4 members (excludes halogenated alkanes) is 2. The van der Waals surface area contributed by atoms with Crippen molar-refractivity contribution in [1.82, 2.24) is 25.5 Å². The summed E-state index contributed by atoms with van der Waals surface area (Å²) in [7, 11) is -1.28. The lowest BCUT2D eigenvalue weighted by molar-refractivity contribution is -0.122. The SMILES string of the molecule is NC(CCCCCB(O)O)c1nnnn1CC(=O)NCc1ccc(Cl)cc1Cl. The van der Waals surface area contributed by atoms with Crippen LogP contribution >= 0.6 is 23.2 Å². The molecule has 5 N–H and O–H groups in total. The molecule has 12 heteroatoms. The van der Waals surface area contributed by atoms with E-state index in [0.717, 1.165) is 18.4 Å². The molecule has 1 amide bonds. The molecule has 0 aliphatic heterocycles. The quantitative estimate of drug-likeness (QED) is 0.312. The van der Waals surface area contributed by atoms with Crippen LogP contribution in [0.5, 0.6) is 0 Å². The van der Waals surface area contributed by atoms with E-state index in [4.69, 9.17) is 39.0 Å². The Morgan fingerprint density at radius 2 is 2.07 bits per heavy atom. The van der Waals surface area contributed by atoms with E-state index in [1.807, 2.05) is 0 Å². The van der Waals surface area contributed by atoms with Gasteiger partial charge < -0.3 is 21.1 Å². The molecule has 0 aliphatic carbocycles. The van der Waals surface area contributed by atoms with Gasteiger partial charge in [0.15, 0.2) is 5.82 Å². The predicted molar refractivity (Wildman–Crippen MR) is 107 cm³/mol. The first-order chi connectivity index (χ1) is 13.4. The summed E-state index contributed by atoms with van der Waals surface area (Å²) in [5.74, 6) is 0.158. The Morgan fingerprint density at radius 1 is 1.29 bits per heavy atom. The summed E-state index contributed by atoms with van der Waals surface area (Å²) in [5, 5.41) is 32.8. The van der Waals surface area contributed by atoms with E-state index in [2.05, 4.69) is 20.8 Å². The van der Waals surface area contributed by atoms with Crippen LogP contribution in [0.25, 0.3) is 0 Å². The highest BCUT2D eigenvalue weighted by molar-refractivity contribution is 6.40. The van der Waals surface area contributed by atoms with Crippen molar-refractivity contribution in [3.63, 3.8) is 0 Å². The van der Waals surface area contributed by atoms with Crippen LogP contribution in [0.4, 0.5) is 0 Å². The second kappa shape index (κ2) is 11.3. The van der Waals surface area contributed by atoms with Crippen molar-refractivity contribution in [2.75, 3.05) is 0 Å². The van der Waals surface area contributed by atoms with Crippen LogP contribution in [0, 0.1) is 0 Å². The molecule has 1 atom stereocenters. The summed E-state index contributed by atoms with van der Waals surface area (Å²) >= 11 is 12.0. The number of benzene rings is 1. The number of tetrazole rings is 1. The molecule has 0 bridgehead atoms. The van der Waals surface area contributed by atoms with Crippen molar-refractivity contribution < 1.29 is 14.8 Å². The average Bonchev–Trinajstić information content (AvgIpc) is 3.08. The van der Waals surface area contributed by atoms with Crippen LogP contribution in [-0.4, -0.2) is 43.3 Å². The summed E-state index contributed by atoms with van der Waals surface area (Å²) in [6.45, 7) is 0.201. The maximum Gasteiger partial charge on any atom is 0.451 e. The smallest absolute Gasteiger partial charge is 0.427 e. The molecule has 2 rings (SSSR count). The minimum absolute atomic E-state index is 0.0576. The van der Waals surface area contributed by atoms with Gasteiger partial charge in [-0.25, -0.2) is 4.68 Å². The average molecular weight is 429 g/mol. The molecular formula is C16H23BCl2N6O3. The van der Waals surface area contributed by atoms with Gasteiger partial charge >= 0.3 is 7.12 Å². The molecule has 28 heavy (non-hydrogen) atoms. The van der Waals surface area contributed by atoms with Gasteiger partial charge in [0.2, 0.25) is 5.91 Å². The van der Waals surface area contributed by atoms with Gasteiger partial charge in [0.05, 0.1) is 6.04 Å². The molecule has 2 aromatic rings. The van der Waals surface area contributed by atoms with Crippen LogP contribution in [-0.2, 0) is 17.9 Å². The van der Waals surface area contributed by atoms with Gasteiger partial charge in [-0.15, -0.1) is 5.10 Å². The fourth-order valence-corrected chi connectivity index (χ4v) is 3.11. The topological polar surface area (TPSA) is 139 Å². The molecular weight excluding hydrogens is 406 g/mol. The zero-order valence-electron chi connectivity index (χ0n) is 15.3. The van der Waals surface area contributed by atoms with Gasteiger partial charge in [-0.05, 0) is 40.9 Å². The highest BCUT2D eigenvalue weighted by Crippen LogP contribution is 2.20. The largest absolute Gasteiger partial charge is 0.451 e. The molecule has 0 saturated heterocycles. The Bertz CT molecular complexity index is 777. The van der Waals surface area contributed by atoms with Gasteiger partial charge in [-0.3, -0.25) is 4.79 Å². The Balaban J connectivity index is 1.81. The summed E-state index contributed by atoms with van der Waals surface area (Å²) in [4.78, 5) is 12.2. The van der Waals surface area contributed by atoms with Crippen molar-refractivity contribution in [3.8, 4) is 0 Å². The highest BCUT2D eigenvalue weighted by atomic mass is 35.5. The van der Waals surface area contributed by atoms with E-state index >= 15 is 0 Å². The standard InChI is InChI=1S/C16H23BCl2N6O3/c18-12-6-5-11(13(19)8-12)9-21-15(26)10-25-16(22-23-24-25)14(20)4-2-1-3-7-17(27)28/h5-6,8,14,27-28H,1-4,7,9-10,20H2,(H,21,26). The number of nitrogens with one attached hydrogen (secondary N) is 1. The second-order valence-corrected chi connectivity index (χ2v) is 7.28. The monoisotopic (exact) mass is 428 g/mol. The summed E-state index contributed by atoms with van der Waals surface area (Å²) in [6, 6.07) is 4.66. The van der Waals surface area contributed by atoms with Crippen molar-refractivity contribution in [2.45, 2.75) is 51.1 Å². The normalized spacial score (nSPS) is 12.0. The first-order valence-electron chi connectivity index (χ1n) is 8.95. The van der Waals surface area contributed by atoms with Crippen LogP contribution in [0.2, 0.25) is 16.4 Å². The number of carbonyl (C=O) groups is 1. The third-order valence-electron chi connectivity index (χ3n) is 4.15. The Morgan fingerprint density at radius 3 is 2.79 bits per heavy atom. The van der Waals surface area contributed by atoms with Crippen LogP contribution in [0.3, 0.4) is 0 Å². The number of aromatic nitrogens is 4. The maximum absolute atomic E-state index is 12.2. The van der Waals surface area contributed by atoms with Gasteiger partial charge in [0.25, 0.3) is 0 Å². The number of rotatable bonds is 11. The third kappa shape index (κ3) is 7.36. The van der Waals surface area contributed by atoms with Crippen LogP contribution in [0.15, 0.2) is 18.2 Å². The molecule has 1 aromatic carbocycles. The summed E-state index contributed by atoms with van der Waals surface area (Å²) < 4.78 is 1.38. The van der Waals surface area contributed by atoms with Crippen molar-refractivity contribution in [3.05, 3.63) is 39.6 Å². The van der Waals surface area contributed by atoms with Crippen LogP contribution in [0.1, 0.15) is 43.1 Å². The molecule has 152 valence electrons. The molecule has 0 spiro atoms. The number of hydrogen-bond acceptors (Lipinski definition) is 7. The molecule has 0 radical (unpaired) electrons. The van der Waals surface area contributed by atoms with Crippen molar-refractivity contribution in [1.29, 1.82) is 0 Å². The van der Waals surface area contributed by atoms with E-state index in [1.54, 1.807) is 18.2 Å². The zero-order chi connectivity index (χ0) is 20.5. The lowest BCUT2D eigenvalue weighted by Gasteiger charge is -2.12. The molecule has 0 aliphatic rings. The number of nitrogens with zero attached hydrogens (tertiary/aromatic N) is 4. The minimum Gasteiger partial charge on any atom is -0.427 e. The fourth-order valence-electron chi connectivity index (χ4n) is 2.64.